The SMILES string of the molecule is COC(=O)C1c2ccsc2CCN1C(=O)c1ccc(S(=O)(=O)N2CCCC2)cc1. The van der Waals surface area contributed by atoms with E-state index in [1.54, 1.807) is 11.3 Å². The summed E-state index contributed by atoms with van der Waals surface area (Å²) >= 11 is 1.57. The van der Waals surface area contributed by atoms with Crippen LogP contribution in [0.25, 0.3) is 0 Å². The molecule has 1 aromatic heterocycles. The number of rotatable bonds is 4. The van der Waals surface area contributed by atoms with E-state index in [2.05, 4.69) is 0 Å². The van der Waals surface area contributed by atoms with E-state index in [0.717, 1.165) is 23.3 Å². The van der Waals surface area contributed by atoms with Crippen LogP contribution in [0.1, 0.15) is 39.7 Å². The molecule has 1 atom stereocenters. The highest BCUT2D eigenvalue weighted by Gasteiger charge is 2.38. The van der Waals surface area contributed by atoms with Crippen LogP contribution in [0.15, 0.2) is 40.6 Å². The number of amides is 1. The molecule has 29 heavy (non-hydrogen) atoms. The number of nitrogens with zero attached hydrogens (tertiary/aromatic N) is 2. The second-order valence-electron chi connectivity index (χ2n) is 7.11. The number of carbonyl (C=O) groups is 2. The third-order valence-electron chi connectivity index (χ3n) is 5.46. The predicted octanol–water partition coefficient (Wildman–Crippen LogP) is 2.45. The van der Waals surface area contributed by atoms with Crippen molar-refractivity contribution in [2.45, 2.75) is 30.2 Å². The van der Waals surface area contributed by atoms with Crippen molar-refractivity contribution in [3.63, 3.8) is 0 Å². The molecule has 1 fully saturated rings. The number of esters is 1. The van der Waals surface area contributed by atoms with E-state index in [4.69, 9.17) is 4.74 Å². The Balaban J connectivity index is 1.60. The van der Waals surface area contributed by atoms with Crippen LogP contribution < -0.4 is 0 Å². The van der Waals surface area contributed by atoms with Gasteiger partial charge in [-0.3, -0.25) is 4.79 Å². The van der Waals surface area contributed by atoms with Gasteiger partial charge >= 0.3 is 5.97 Å². The van der Waals surface area contributed by atoms with Gasteiger partial charge in [-0.15, -0.1) is 11.3 Å². The molecule has 0 N–H and O–H groups in total. The number of benzene rings is 1. The summed E-state index contributed by atoms with van der Waals surface area (Å²) in [4.78, 5) is 28.3. The molecule has 1 saturated heterocycles. The molecule has 0 saturated carbocycles. The van der Waals surface area contributed by atoms with Crippen LogP contribution in [0.2, 0.25) is 0 Å². The van der Waals surface area contributed by atoms with Gasteiger partial charge in [0.15, 0.2) is 6.04 Å². The Labute approximate surface area is 173 Å². The number of hydrogen-bond donors (Lipinski definition) is 0. The van der Waals surface area contributed by atoms with E-state index in [1.165, 1.54) is 40.6 Å². The molecule has 2 aromatic rings. The standard InChI is InChI=1S/C20H22N2O5S2/c1-27-20(24)18-16-9-13-28-17(16)8-12-22(18)19(23)14-4-6-15(7-5-14)29(25,26)21-10-2-3-11-21/h4-7,9,13,18H,2-3,8,10-12H2,1H3. The van der Waals surface area contributed by atoms with Gasteiger partial charge in [0.2, 0.25) is 10.0 Å². The van der Waals surface area contributed by atoms with Crippen molar-refractivity contribution in [2.24, 2.45) is 0 Å². The normalized spacial score (nSPS) is 19.8. The zero-order valence-corrected chi connectivity index (χ0v) is 17.7. The molecule has 7 nitrogen and oxygen atoms in total. The highest BCUT2D eigenvalue weighted by atomic mass is 32.2. The van der Waals surface area contributed by atoms with Gasteiger partial charge in [0.25, 0.3) is 5.91 Å². The summed E-state index contributed by atoms with van der Waals surface area (Å²) in [6.45, 7) is 1.46. The highest BCUT2D eigenvalue weighted by molar-refractivity contribution is 7.89. The number of thiophene rings is 1. The van der Waals surface area contributed by atoms with E-state index >= 15 is 0 Å². The van der Waals surface area contributed by atoms with Gasteiger partial charge in [0, 0.05) is 30.1 Å². The summed E-state index contributed by atoms with van der Waals surface area (Å²) < 4.78 is 31.8. The Bertz CT molecular complexity index is 1020. The molecule has 1 unspecified atom stereocenters. The first-order valence-electron chi connectivity index (χ1n) is 9.49. The second-order valence-corrected chi connectivity index (χ2v) is 10.0. The van der Waals surface area contributed by atoms with Gasteiger partial charge in [-0.25, -0.2) is 13.2 Å². The molecule has 3 heterocycles. The maximum absolute atomic E-state index is 13.1. The molecule has 2 aliphatic heterocycles. The summed E-state index contributed by atoms with van der Waals surface area (Å²) in [5.41, 5.74) is 1.15. The van der Waals surface area contributed by atoms with Crippen molar-refractivity contribution in [3.8, 4) is 0 Å². The Morgan fingerprint density at radius 2 is 1.76 bits per heavy atom. The van der Waals surface area contributed by atoms with E-state index in [9.17, 15) is 18.0 Å². The van der Waals surface area contributed by atoms with Crippen molar-refractivity contribution in [1.29, 1.82) is 0 Å². The van der Waals surface area contributed by atoms with Gasteiger partial charge in [0.05, 0.1) is 12.0 Å². The van der Waals surface area contributed by atoms with Crippen molar-refractivity contribution < 1.29 is 22.7 Å². The lowest BCUT2D eigenvalue weighted by Gasteiger charge is -2.34. The lowest BCUT2D eigenvalue weighted by atomic mass is 9.99. The van der Waals surface area contributed by atoms with Gasteiger partial charge in [-0.1, -0.05) is 0 Å². The maximum Gasteiger partial charge on any atom is 0.333 e. The fraction of sp³-hybridized carbons (Fsp3) is 0.400. The van der Waals surface area contributed by atoms with Crippen LogP contribution in [0.3, 0.4) is 0 Å². The Hall–Kier alpha value is -2.23. The van der Waals surface area contributed by atoms with Gasteiger partial charge in [-0.05, 0) is 60.5 Å². The van der Waals surface area contributed by atoms with Crippen molar-refractivity contribution in [1.82, 2.24) is 9.21 Å². The Morgan fingerprint density at radius 3 is 2.41 bits per heavy atom. The minimum Gasteiger partial charge on any atom is -0.467 e. The molecule has 0 spiro atoms. The van der Waals surface area contributed by atoms with E-state index in [1.807, 2.05) is 11.4 Å². The van der Waals surface area contributed by atoms with Crippen molar-refractivity contribution in [3.05, 3.63) is 51.7 Å². The fourth-order valence-electron chi connectivity index (χ4n) is 3.91. The largest absolute Gasteiger partial charge is 0.467 e. The fourth-order valence-corrected chi connectivity index (χ4v) is 6.33. The average molecular weight is 435 g/mol. The quantitative estimate of drug-likeness (QED) is 0.690. The smallest absolute Gasteiger partial charge is 0.333 e. The first-order valence-corrected chi connectivity index (χ1v) is 11.8. The molecular formula is C20H22N2O5S2. The molecule has 0 bridgehead atoms. The summed E-state index contributed by atoms with van der Waals surface area (Å²) in [7, 11) is -2.22. The zero-order valence-electron chi connectivity index (χ0n) is 16.0. The third kappa shape index (κ3) is 3.58. The number of fused-ring (bicyclic) bond motifs is 1. The van der Waals surface area contributed by atoms with Gasteiger partial charge < -0.3 is 9.64 Å². The number of methoxy groups -OCH3 is 1. The predicted molar refractivity (Wildman–Crippen MR) is 108 cm³/mol. The molecular weight excluding hydrogens is 412 g/mol. The molecule has 0 aliphatic carbocycles. The summed E-state index contributed by atoms with van der Waals surface area (Å²) in [5.74, 6) is -0.798. The first-order chi connectivity index (χ1) is 13.9. The van der Waals surface area contributed by atoms with Gasteiger partial charge in [-0.2, -0.15) is 4.31 Å². The summed E-state index contributed by atoms with van der Waals surface area (Å²) in [6, 6.07) is 7.04. The molecule has 0 radical (unpaired) electrons. The molecule has 154 valence electrons. The minimum absolute atomic E-state index is 0.180. The zero-order chi connectivity index (χ0) is 20.6. The monoisotopic (exact) mass is 434 g/mol. The van der Waals surface area contributed by atoms with Crippen LogP contribution in [-0.4, -0.2) is 56.2 Å². The topological polar surface area (TPSA) is 84.0 Å². The molecule has 9 heteroatoms. The molecule has 2 aliphatic rings. The minimum atomic E-state index is -3.53. The van der Waals surface area contributed by atoms with E-state index in [0.29, 0.717) is 31.6 Å². The van der Waals surface area contributed by atoms with Gasteiger partial charge in [0.1, 0.15) is 0 Å². The Kier molecular flexibility index (Phi) is 5.46. The third-order valence-corrected chi connectivity index (χ3v) is 8.36. The summed E-state index contributed by atoms with van der Waals surface area (Å²) in [6.07, 6.45) is 2.40. The van der Waals surface area contributed by atoms with E-state index in [-0.39, 0.29) is 10.8 Å². The number of sulfonamides is 1. The second kappa shape index (κ2) is 7.89. The van der Waals surface area contributed by atoms with E-state index < -0.39 is 22.0 Å². The number of hydrogen-bond acceptors (Lipinski definition) is 6. The van der Waals surface area contributed by atoms with Crippen LogP contribution >= 0.6 is 11.3 Å². The first kappa shape index (κ1) is 20.1. The maximum atomic E-state index is 13.1. The number of ether oxygens (including phenoxy) is 1. The Morgan fingerprint density at radius 1 is 1.07 bits per heavy atom. The molecule has 1 amide bonds. The molecule has 1 aromatic carbocycles. The lowest BCUT2D eigenvalue weighted by Crippen LogP contribution is -2.43. The van der Waals surface area contributed by atoms with Crippen LogP contribution in [0.5, 0.6) is 0 Å². The van der Waals surface area contributed by atoms with Crippen LogP contribution in [0, 0.1) is 0 Å². The summed E-state index contributed by atoms with van der Waals surface area (Å²) in [5, 5.41) is 1.91. The average Bonchev–Trinajstić information content (AvgIpc) is 3.44. The van der Waals surface area contributed by atoms with Crippen LogP contribution in [0.4, 0.5) is 0 Å². The van der Waals surface area contributed by atoms with Crippen molar-refractivity contribution >= 4 is 33.2 Å². The highest BCUT2D eigenvalue weighted by Crippen LogP contribution is 2.35. The molecule has 4 rings (SSSR count). The van der Waals surface area contributed by atoms with Crippen molar-refractivity contribution in [2.75, 3.05) is 26.7 Å². The van der Waals surface area contributed by atoms with Crippen LogP contribution in [-0.2, 0) is 26.0 Å². The lowest BCUT2D eigenvalue weighted by molar-refractivity contribution is -0.146. The number of carbonyl (C=O) groups excluding carboxylic acids is 2.